The zero-order valence-corrected chi connectivity index (χ0v) is 40.6. The lowest BCUT2D eigenvalue weighted by Gasteiger charge is -2.62. The number of carbonyl (C=O) groups excluding carboxylic acids is 3. The van der Waals surface area contributed by atoms with Gasteiger partial charge in [0.2, 0.25) is 5.91 Å². The van der Waals surface area contributed by atoms with Gasteiger partial charge in [0.1, 0.15) is 11.3 Å². The van der Waals surface area contributed by atoms with E-state index < -0.39 is 34.1 Å². The van der Waals surface area contributed by atoms with Crippen molar-refractivity contribution in [2.75, 3.05) is 32.6 Å². The zero-order chi connectivity index (χ0) is 47.0. The van der Waals surface area contributed by atoms with Crippen molar-refractivity contribution < 1.29 is 38.5 Å². The first-order chi connectivity index (χ1) is 32.3. The highest BCUT2D eigenvalue weighted by Crippen LogP contribution is 2.59. The van der Waals surface area contributed by atoms with E-state index in [9.17, 15) is 29.4 Å². The molecule has 15 heteroatoms. The Morgan fingerprint density at radius 1 is 1.16 bits per heavy atom. The van der Waals surface area contributed by atoms with Gasteiger partial charge in [-0.2, -0.15) is 0 Å². The molecular weight excluding hydrogens is 889 g/mol. The van der Waals surface area contributed by atoms with Crippen LogP contribution >= 0.6 is 21.6 Å². The molecule has 1 amide bonds. The molecule has 13 nitrogen and oxygen atoms in total. The lowest BCUT2D eigenvalue weighted by molar-refractivity contribution is -0.186. The van der Waals surface area contributed by atoms with E-state index >= 15 is 0 Å². The van der Waals surface area contributed by atoms with E-state index in [2.05, 4.69) is 16.7 Å². The van der Waals surface area contributed by atoms with Gasteiger partial charge in [-0.1, -0.05) is 64.7 Å². The molecule has 4 aliphatic carbocycles. The molecule has 6 N–H and O–H groups in total. The number of allylic oxidation sites excluding steroid dienone is 3. The fraction of sp³-hybridized carbons (Fsp3) is 0.577. The Morgan fingerprint density at radius 3 is 2.72 bits per heavy atom. The molecule has 0 unspecified atom stereocenters. The van der Waals surface area contributed by atoms with Crippen molar-refractivity contribution in [2.45, 2.75) is 131 Å². The molecule has 2 aromatic rings. The second kappa shape index (κ2) is 17.9. The summed E-state index contributed by atoms with van der Waals surface area (Å²) in [5.41, 5.74) is 8.26. The third-order valence-corrected chi connectivity index (χ3v) is 19.9. The first-order valence-corrected chi connectivity index (χ1v) is 26.7. The molecule has 5 heterocycles. The van der Waals surface area contributed by atoms with Gasteiger partial charge >= 0.3 is 11.6 Å². The zero-order valence-electron chi connectivity index (χ0n) is 38.9. The molecule has 8 aliphatic rings. The number of nitrogens with one attached hydrogen (secondary N) is 2. The maximum absolute atomic E-state index is 15.0. The molecule has 1 saturated heterocycles. The van der Waals surface area contributed by atoms with Crippen LogP contribution in [0.2, 0.25) is 0 Å². The van der Waals surface area contributed by atoms with Crippen molar-refractivity contribution in [3.63, 3.8) is 0 Å². The van der Waals surface area contributed by atoms with Crippen LogP contribution in [-0.4, -0.2) is 99.9 Å². The van der Waals surface area contributed by atoms with E-state index in [1.54, 1.807) is 46.7 Å². The van der Waals surface area contributed by atoms with E-state index in [0.717, 1.165) is 59.8 Å². The van der Waals surface area contributed by atoms with Crippen molar-refractivity contribution in [2.24, 2.45) is 29.4 Å². The number of hydrogen-bond acceptors (Lipinski definition) is 14. The van der Waals surface area contributed by atoms with Gasteiger partial charge in [-0.3, -0.25) is 9.59 Å². The molecule has 0 radical (unpaired) electrons. The minimum atomic E-state index is -1.24. The van der Waals surface area contributed by atoms with Crippen LogP contribution in [0.15, 0.2) is 85.9 Å². The number of hydrogen-bond donors (Lipinski definition) is 5. The van der Waals surface area contributed by atoms with Crippen LogP contribution in [0, 0.1) is 23.7 Å². The SMILES string of the molecule is C/C=C(\C)C(=O)O[C@]1(C)CC=C2CSS[C@@H]3C[C@@H]4C(=O)C=C[C@H]5[C@@H]([C@H]4NC)[C@@H]3N5C(=O)CC3=C(C=C(N)NC3)[C@H]2[C@]12Cc1cc3cc(C4([C@H](CO)CCCO)CCCCC4)c(=O)oc3cc1O2. The Bertz CT molecular complexity index is 2590. The average molecular weight is 953 g/mol. The highest BCUT2D eigenvalue weighted by molar-refractivity contribution is 8.77. The van der Waals surface area contributed by atoms with Crippen LogP contribution in [0.4, 0.5) is 0 Å². The van der Waals surface area contributed by atoms with Crippen molar-refractivity contribution in [1.82, 2.24) is 15.5 Å². The number of esters is 1. The summed E-state index contributed by atoms with van der Waals surface area (Å²) in [6.07, 6.45) is 16.5. The van der Waals surface area contributed by atoms with Crippen LogP contribution in [0.5, 0.6) is 5.75 Å². The molecule has 1 aromatic carbocycles. The minimum Gasteiger partial charge on any atom is -0.481 e. The molecule has 1 aromatic heterocycles. The second-order valence-electron chi connectivity index (χ2n) is 20.4. The van der Waals surface area contributed by atoms with E-state index in [0.29, 0.717) is 72.7 Å². The Kier molecular flexibility index (Phi) is 12.4. The van der Waals surface area contributed by atoms with E-state index in [-0.39, 0.29) is 72.5 Å². The largest absolute Gasteiger partial charge is 0.481 e. The van der Waals surface area contributed by atoms with Crippen molar-refractivity contribution >= 4 is 50.2 Å². The van der Waals surface area contributed by atoms with Gasteiger partial charge in [-0.15, -0.1) is 0 Å². The number of ketones is 1. The third-order valence-electron chi connectivity index (χ3n) is 17.1. The van der Waals surface area contributed by atoms with E-state index in [1.165, 1.54) is 0 Å². The fourth-order valence-corrected chi connectivity index (χ4v) is 16.7. The smallest absolute Gasteiger partial charge is 0.340 e. The minimum absolute atomic E-state index is 0.00516. The summed E-state index contributed by atoms with van der Waals surface area (Å²) >= 11 is 0. The molecule has 67 heavy (non-hydrogen) atoms. The van der Waals surface area contributed by atoms with Gasteiger partial charge in [-0.25, -0.2) is 9.59 Å². The topological polar surface area (TPSA) is 194 Å². The van der Waals surface area contributed by atoms with Gasteiger partial charge in [0.15, 0.2) is 17.0 Å². The number of amides is 1. The van der Waals surface area contributed by atoms with Crippen LogP contribution in [-0.2, 0) is 31.0 Å². The van der Waals surface area contributed by atoms with E-state index in [4.69, 9.17) is 19.6 Å². The Morgan fingerprint density at radius 2 is 1.97 bits per heavy atom. The first-order valence-electron chi connectivity index (χ1n) is 24.3. The summed E-state index contributed by atoms with van der Waals surface area (Å²) in [5, 5.41) is 28.1. The standard InChI is InChI=1S/C52H64N4O9S2/c1-5-28(2)48(61)65-50(3)16-13-29-27-66-67-41-21-35-38(59)12-11-37-44(46(35)54-4)47(41)56(37)43(60)20-32-25-55-42(53)22-34(32)45(29)52(50)24-31-18-30-19-36(49(62)63-39(30)23-40(31)64-52)51(14-7-6-8-15-51)33(26-58)10-9-17-57/h5,11-13,18-19,22-23,33,35,37,41,44-47,54-55,57-58H,6-10,14-17,20-21,24-27,53H2,1-4H3/b28-5+/t33-,35+,37-,41+,44-,45-,46-,47+,50+,52+/m0/s1. The van der Waals surface area contributed by atoms with Crippen molar-refractivity contribution in [1.29, 1.82) is 0 Å². The summed E-state index contributed by atoms with van der Waals surface area (Å²) in [5.74, 6) is 0.467. The van der Waals surface area contributed by atoms with Crippen molar-refractivity contribution in [3.8, 4) is 5.75 Å². The number of aliphatic hydroxyl groups is 2. The highest BCUT2D eigenvalue weighted by atomic mass is 33.1. The maximum atomic E-state index is 15.0. The molecular formula is C52H64N4O9S2. The molecule has 10 atom stereocenters. The van der Waals surface area contributed by atoms with Gasteiger partial charge in [-0.05, 0) is 107 Å². The summed E-state index contributed by atoms with van der Waals surface area (Å²) in [4.78, 5) is 58.9. The number of ether oxygens (including phenoxy) is 2. The van der Waals surface area contributed by atoms with Gasteiger partial charge in [0, 0.05) is 89.5 Å². The lowest BCUT2D eigenvalue weighted by atomic mass is 9.61. The first kappa shape index (κ1) is 46.4. The fourth-order valence-electron chi connectivity index (χ4n) is 13.6. The number of fused-ring (bicyclic) bond motifs is 7. The number of aliphatic hydroxyl groups excluding tert-OH is 2. The van der Waals surface area contributed by atoms with Crippen LogP contribution in [0.3, 0.4) is 0 Å². The Balaban J connectivity index is 1.11. The molecule has 3 fully saturated rings. The van der Waals surface area contributed by atoms with E-state index in [1.807, 2.05) is 50.1 Å². The monoisotopic (exact) mass is 952 g/mol. The Hall–Kier alpha value is -4.28. The van der Waals surface area contributed by atoms with Crippen LogP contribution in [0.25, 0.3) is 11.0 Å². The molecule has 4 aliphatic heterocycles. The number of carbonyl (C=O) groups is 3. The summed E-state index contributed by atoms with van der Waals surface area (Å²) in [7, 11) is 5.43. The maximum Gasteiger partial charge on any atom is 0.340 e. The lowest BCUT2D eigenvalue weighted by Crippen LogP contribution is -2.75. The van der Waals surface area contributed by atoms with Crippen LogP contribution < -0.4 is 26.7 Å². The normalized spacial score (nSPS) is 33.7. The van der Waals surface area contributed by atoms with Crippen molar-refractivity contribution in [3.05, 3.63) is 98.2 Å². The van der Waals surface area contributed by atoms with Gasteiger partial charge in [0.05, 0.1) is 30.2 Å². The quantitative estimate of drug-likeness (QED) is 0.0641. The van der Waals surface area contributed by atoms with Crippen LogP contribution in [0.1, 0.15) is 96.1 Å². The summed E-state index contributed by atoms with van der Waals surface area (Å²) in [6, 6.07) is 5.57. The predicted molar refractivity (Wildman–Crippen MR) is 260 cm³/mol. The van der Waals surface area contributed by atoms with Gasteiger partial charge in [0.25, 0.3) is 0 Å². The molecule has 10 rings (SSSR count). The number of rotatable bonds is 9. The number of dihydropyridines is 1. The molecule has 2 bridgehead atoms. The average Bonchev–Trinajstić information content (AvgIpc) is 3.68. The number of benzene rings is 1. The highest BCUT2D eigenvalue weighted by Gasteiger charge is 2.65. The number of nitrogens with two attached hydrogens (primary N) is 1. The number of nitrogens with zero attached hydrogens (tertiary/aromatic N) is 1. The molecule has 358 valence electrons. The molecule has 2 saturated carbocycles. The molecule has 1 spiro atoms. The Labute approximate surface area is 399 Å². The second-order valence-corrected chi connectivity index (χ2v) is 23.1. The van der Waals surface area contributed by atoms with Gasteiger partial charge < -0.3 is 45.4 Å². The summed E-state index contributed by atoms with van der Waals surface area (Å²) < 4.78 is 20.4. The summed E-state index contributed by atoms with van der Waals surface area (Å²) in [6.45, 7) is 5.75. The third kappa shape index (κ3) is 7.46. The predicted octanol–water partition coefficient (Wildman–Crippen LogP) is 6.06.